The molecule has 2 aromatic heterocycles. The van der Waals surface area contributed by atoms with Gasteiger partial charge >= 0.3 is 0 Å². The summed E-state index contributed by atoms with van der Waals surface area (Å²) in [5.74, 6) is 0. The molecule has 5 heteroatoms. The molecule has 1 N–H and O–H groups in total. The topological polar surface area (TPSA) is 66.5 Å². The number of aromatic nitrogens is 3. The molecular weight excluding hydrogens is 346 g/mol. The number of hydrogen-bond donors (Lipinski definition) is 1. The van der Waals surface area contributed by atoms with Gasteiger partial charge in [0.1, 0.15) is 0 Å². The van der Waals surface area contributed by atoms with Gasteiger partial charge in [0, 0.05) is 36.6 Å². The average molecular weight is 365 g/mol. The van der Waals surface area contributed by atoms with Crippen LogP contribution in [0, 0.1) is 11.3 Å². The van der Waals surface area contributed by atoms with Gasteiger partial charge in [0.25, 0.3) is 0 Å². The first-order chi connectivity index (χ1) is 13.8. The summed E-state index contributed by atoms with van der Waals surface area (Å²) in [5, 5.41) is 12.5. The number of benzene rings is 2. The highest BCUT2D eigenvalue weighted by atomic mass is 15.1. The summed E-state index contributed by atoms with van der Waals surface area (Å²) in [6.07, 6.45) is 5.45. The molecule has 0 amide bonds. The Balaban J connectivity index is 1.65. The van der Waals surface area contributed by atoms with Gasteiger partial charge in [0.15, 0.2) is 0 Å². The maximum atomic E-state index is 9.09. The van der Waals surface area contributed by atoms with Crippen molar-refractivity contribution in [3.8, 4) is 28.6 Å². The number of anilines is 1. The lowest BCUT2D eigenvalue weighted by molar-refractivity contribution is 0.733. The maximum absolute atomic E-state index is 9.09. The van der Waals surface area contributed by atoms with Crippen molar-refractivity contribution in [3.63, 3.8) is 0 Å². The van der Waals surface area contributed by atoms with E-state index in [1.165, 1.54) is 0 Å². The molecule has 4 rings (SSSR count). The largest absolute Gasteiger partial charge is 0.382 e. The third-order valence-corrected chi connectivity index (χ3v) is 4.52. The van der Waals surface area contributed by atoms with Crippen molar-refractivity contribution in [3.05, 3.63) is 91.0 Å². The zero-order valence-corrected chi connectivity index (χ0v) is 15.3. The SMILES string of the molecule is N#Cc1ccc(-c2c(-c3ccccc3)ncn2CCNc2cccnc2)cc1. The van der Waals surface area contributed by atoms with Gasteiger partial charge in [-0.05, 0) is 24.3 Å². The molecule has 0 aliphatic rings. The van der Waals surface area contributed by atoms with Crippen molar-refractivity contribution in [2.75, 3.05) is 11.9 Å². The van der Waals surface area contributed by atoms with Gasteiger partial charge in [-0.15, -0.1) is 0 Å². The molecule has 0 unspecified atom stereocenters. The third-order valence-electron chi connectivity index (χ3n) is 4.52. The molecule has 0 saturated heterocycles. The Hall–Kier alpha value is -3.91. The molecule has 2 heterocycles. The van der Waals surface area contributed by atoms with Crippen LogP contribution in [-0.4, -0.2) is 21.1 Å². The van der Waals surface area contributed by atoms with E-state index in [0.29, 0.717) is 5.56 Å². The Morgan fingerprint density at radius 1 is 0.929 bits per heavy atom. The summed E-state index contributed by atoms with van der Waals surface area (Å²) < 4.78 is 2.15. The van der Waals surface area contributed by atoms with Crippen molar-refractivity contribution in [1.29, 1.82) is 5.26 Å². The number of hydrogen-bond acceptors (Lipinski definition) is 4. The lowest BCUT2D eigenvalue weighted by atomic mass is 10.0. The highest BCUT2D eigenvalue weighted by molar-refractivity contribution is 5.78. The van der Waals surface area contributed by atoms with Gasteiger partial charge in [-0.2, -0.15) is 5.26 Å². The monoisotopic (exact) mass is 365 g/mol. The van der Waals surface area contributed by atoms with Crippen LogP contribution in [0.5, 0.6) is 0 Å². The fourth-order valence-corrected chi connectivity index (χ4v) is 3.15. The van der Waals surface area contributed by atoms with Crippen molar-refractivity contribution >= 4 is 5.69 Å². The van der Waals surface area contributed by atoms with E-state index in [1.54, 1.807) is 6.20 Å². The number of imidazole rings is 1. The quantitative estimate of drug-likeness (QED) is 0.542. The summed E-state index contributed by atoms with van der Waals surface area (Å²) in [6.45, 7) is 1.50. The molecule has 0 radical (unpaired) electrons. The molecule has 136 valence electrons. The van der Waals surface area contributed by atoms with Crippen LogP contribution in [0.25, 0.3) is 22.5 Å². The summed E-state index contributed by atoms with van der Waals surface area (Å²) in [6, 6.07) is 23.9. The van der Waals surface area contributed by atoms with Crippen LogP contribution in [0.2, 0.25) is 0 Å². The Kier molecular flexibility index (Phi) is 5.12. The lowest BCUT2D eigenvalue weighted by Gasteiger charge is -2.12. The van der Waals surface area contributed by atoms with Gasteiger partial charge in [0.2, 0.25) is 0 Å². The molecule has 0 spiro atoms. The Morgan fingerprint density at radius 2 is 1.75 bits per heavy atom. The van der Waals surface area contributed by atoms with E-state index >= 15 is 0 Å². The standard InChI is InChI=1S/C23H19N5/c24-15-18-8-10-20(11-9-18)23-22(19-5-2-1-3-6-19)27-17-28(23)14-13-26-21-7-4-12-25-16-21/h1-12,16-17,26H,13-14H2. The number of nitrogens with zero attached hydrogens (tertiary/aromatic N) is 4. The molecule has 5 nitrogen and oxygen atoms in total. The third kappa shape index (κ3) is 3.76. The van der Waals surface area contributed by atoms with Crippen LogP contribution in [-0.2, 0) is 6.54 Å². The second-order valence-corrected chi connectivity index (χ2v) is 6.36. The summed E-state index contributed by atoms with van der Waals surface area (Å²) >= 11 is 0. The molecule has 0 aliphatic heterocycles. The van der Waals surface area contributed by atoms with Crippen LogP contribution < -0.4 is 5.32 Å². The lowest BCUT2D eigenvalue weighted by Crippen LogP contribution is -2.11. The number of nitriles is 1. The molecule has 0 bridgehead atoms. The minimum atomic E-state index is 0.648. The second kappa shape index (κ2) is 8.19. The predicted octanol–water partition coefficient (Wildman–Crippen LogP) is 4.60. The van der Waals surface area contributed by atoms with E-state index in [-0.39, 0.29) is 0 Å². The number of pyridine rings is 1. The predicted molar refractivity (Wildman–Crippen MR) is 111 cm³/mol. The first-order valence-electron chi connectivity index (χ1n) is 9.10. The minimum Gasteiger partial charge on any atom is -0.382 e. The number of rotatable bonds is 6. The number of nitrogens with one attached hydrogen (secondary N) is 1. The fourth-order valence-electron chi connectivity index (χ4n) is 3.15. The van der Waals surface area contributed by atoms with Crippen LogP contribution in [0.1, 0.15) is 5.56 Å². The Labute approximate surface area is 163 Å². The van der Waals surface area contributed by atoms with Crippen molar-refractivity contribution in [2.24, 2.45) is 0 Å². The van der Waals surface area contributed by atoms with E-state index in [0.717, 1.165) is 41.3 Å². The van der Waals surface area contributed by atoms with E-state index < -0.39 is 0 Å². The maximum Gasteiger partial charge on any atom is 0.0991 e. The summed E-state index contributed by atoms with van der Waals surface area (Å²) in [4.78, 5) is 8.82. The van der Waals surface area contributed by atoms with E-state index in [9.17, 15) is 0 Å². The second-order valence-electron chi connectivity index (χ2n) is 6.36. The molecule has 0 fully saturated rings. The minimum absolute atomic E-state index is 0.648. The van der Waals surface area contributed by atoms with Gasteiger partial charge in [-0.3, -0.25) is 4.98 Å². The van der Waals surface area contributed by atoms with E-state index in [1.807, 2.05) is 67.1 Å². The van der Waals surface area contributed by atoms with Crippen LogP contribution in [0.15, 0.2) is 85.5 Å². The molecule has 0 atom stereocenters. The smallest absolute Gasteiger partial charge is 0.0991 e. The molecule has 4 aromatic rings. The summed E-state index contributed by atoms with van der Waals surface area (Å²) in [5.41, 5.74) is 5.73. The van der Waals surface area contributed by atoms with Gasteiger partial charge in [-0.1, -0.05) is 42.5 Å². The van der Waals surface area contributed by atoms with Crippen molar-refractivity contribution in [1.82, 2.24) is 14.5 Å². The normalized spacial score (nSPS) is 10.4. The van der Waals surface area contributed by atoms with Gasteiger partial charge in [0.05, 0.1) is 35.0 Å². The van der Waals surface area contributed by atoms with Crippen molar-refractivity contribution in [2.45, 2.75) is 6.54 Å². The fraction of sp³-hybridized carbons (Fsp3) is 0.0870. The Morgan fingerprint density at radius 3 is 2.46 bits per heavy atom. The molecule has 2 aromatic carbocycles. The van der Waals surface area contributed by atoms with Crippen LogP contribution in [0.3, 0.4) is 0 Å². The highest BCUT2D eigenvalue weighted by Crippen LogP contribution is 2.31. The molecule has 0 saturated carbocycles. The van der Waals surface area contributed by atoms with E-state index in [2.05, 4.69) is 38.1 Å². The first kappa shape index (κ1) is 17.5. The van der Waals surface area contributed by atoms with Crippen molar-refractivity contribution < 1.29 is 0 Å². The zero-order chi connectivity index (χ0) is 19.2. The first-order valence-corrected chi connectivity index (χ1v) is 9.10. The van der Waals surface area contributed by atoms with E-state index in [4.69, 9.17) is 5.26 Å². The molecular formula is C23H19N5. The molecule has 0 aliphatic carbocycles. The highest BCUT2D eigenvalue weighted by Gasteiger charge is 2.15. The van der Waals surface area contributed by atoms with Gasteiger partial charge < -0.3 is 9.88 Å². The molecule has 28 heavy (non-hydrogen) atoms. The Bertz CT molecular complexity index is 1080. The van der Waals surface area contributed by atoms with Gasteiger partial charge in [-0.25, -0.2) is 4.98 Å². The van der Waals surface area contributed by atoms with Crippen LogP contribution in [0.4, 0.5) is 5.69 Å². The van der Waals surface area contributed by atoms with Crippen LogP contribution >= 0.6 is 0 Å². The zero-order valence-electron chi connectivity index (χ0n) is 15.3. The summed E-state index contributed by atoms with van der Waals surface area (Å²) in [7, 11) is 0. The average Bonchev–Trinajstić information content (AvgIpc) is 3.19.